The fourth-order valence-corrected chi connectivity index (χ4v) is 1.99. The number of hydrogen-bond donors (Lipinski definition) is 0. The highest BCUT2D eigenvalue weighted by atomic mass is 79.9. The van der Waals surface area contributed by atoms with E-state index in [1.807, 2.05) is 25.8 Å². The Morgan fingerprint density at radius 2 is 1.83 bits per heavy atom. The zero-order chi connectivity index (χ0) is 13.5. The summed E-state index contributed by atoms with van der Waals surface area (Å²) in [4.78, 5) is 13.6. The first-order chi connectivity index (χ1) is 8.50. The van der Waals surface area contributed by atoms with Crippen molar-refractivity contribution in [2.24, 2.45) is 0 Å². The summed E-state index contributed by atoms with van der Waals surface area (Å²) in [7, 11) is 1.88. The molecule has 1 amide bonds. The molecule has 0 radical (unpaired) electrons. The van der Waals surface area contributed by atoms with Gasteiger partial charge in [-0.2, -0.15) is 0 Å². The standard InChI is InChI=1S/C15H22BrNO/c1-12(2)17(3)15(18)7-5-4-6-13-8-10-14(16)11-9-13/h8-12H,4-7H2,1-3H3. The molecule has 1 aromatic carbocycles. The maximum absolute atomic E-state index is 11.8. The van der Waals surface area contributed by atoms with Crippen molar-refractivity contribution in [3.05, 3.63) is 34.3 Å². The van der Waals surface area contributed by atoms with Crippen LogP contribution >= 0.6 is 15.9 Å². The summed E-state index contributed by atoms with van der Waals surface area (Å²) in [5.74, 6) is 0.251. The lowest BCUT2D eigenvalue weighted by Gasteiger charge is -2.21. The van der Waals surface area contributed by atoms with Gasteiger partial charge in [0.25, 0.3) is 0 Å². The molecule has 0 saturated carbocycles. The van der Waals surface area contributed by atoms with Crippen molar-refractivity contribution in [3.8, 4) is 0 Å². The summed E-state index contributed by atoms with van der Waals surface area (Å²) < 4.78 is 1.11. The summed E-state index contributed by atoms with van der Waals surface area (Å²) >= 11 is 3.43. The van der Waals surface area contributed by atoms with Crippen LogP contribution in [-0.4, -0.2) is 23.9 Å². The summed E-state index contributed by atoms with van der Waals surface area (Å²) in [6.07, 6.45) is 3.74. The minimum atomic E-state index is 0.251. The molecule has 0 atom stereocenters. The molecule has 0 bridgehead atoms. The Morgan fingerprint density at radius 3 is 2.39 bits per heavy atom. The number of halogens is 1. The highest BCUT2D eigenvalue weighted by molar-refractivity contribution is 9.10. The largest absolute Gasteiger partial charge is 0.343 e. The van der Waals surface area contributed by atoms with Gasteiger partial charge in [-0.05, 0) is 50.8 Å². The zero-order valence-corrected chi connectivity index (χ0v) is 13.0. The maximum atomic E-state index is 11.8. The van der Waals surface area contributed by atoms with Gasteiger partial charge in [-0.25, -0.2) is 0 Å². The van der Waals surface area contributed by atoms with E-state index in [0.717, 1.165) is 23.7 Å². The van der Waals surface area contributed by atoms with E-state index >= 15 is 0 Å². The van der Waals surface area contributed by atoms with Crippen molar-refractivity contribution in [1.29, 1.82) is 0 Å². The van der Waals surface area contributed by atoms with Gasteiger partial charge in [0.05, 0.1) is 0 Å². The van der Waals surface area contributed by atoms with Crippen LogP contribution in [0.2, 0.25) is 0 Å². The quantitative estimate of drug-likeness (QED) is 0.726. The van der Waals surface area contributed by atoms with Gasteiger partial charge < -0.3 is 4.90 Å². The second kappa shape index (κ2) is 7.57. The number of unbranched alkanes of at least 4 members (excludes halogenated alkanes) is 1. The second-order valence-electron chi connectivity index (χ2n) is 4.93. The topological polar surface area (TPSA) is 20.3 Å². The zero-order valence-electron chi connectivity index (χ0n) is 11.4. The Bertz CT molecular complexity index is 373. The number of amides is 1. The van der Waals surface area contributed by atoms with E-state index < -0.39 is 0 Å². The average molecular weight is 312 g/mol. The van der Waals surface area contributed by atoms with Crippen LogP contribution < -0.4 is 0 Å². The predicted molar refractivity (Wildman–Crippen MR) is 79.6 cm³/mol. The van der Waals surface area contributed by atoms with Crippen LogP contribution in [0.3, 0.4) is 0 Å². The van der Waals surface area contributed by atoms with Crippen LogP contribution in [0.4, 0.5) is 0 Å². The van der Waals surface area contributed by atoms with Crippen molar-refractivity contribution in [2.75, 3.05) is 7.05 Å². The van der Waals surface area contributed by atoms with Crippen LogP contribution in [0.1, 0.15) is 38.7 Å². The van der Waals surface area contributed by atoms with Crippen LogP contribution in [0.15, 0.2) is 28.7 Å². The van der Waals surface area contributed by atoms with E-state index in [0.29, 0.717) is 12.5 Å². The Morgan fingerprint density at radius 1 is 1.22 bits per heavy atom. The van der Waals surface area contributed by atoms with Gasteiger partial charge in [0.1, 0.15) is 0 Å². The van der Waals surface area contributed by atoms with Gasteiger partial charge in [-0.1, -0.05) is 28.1 Å². The highest BCUT2D eigenvalue weighted by Crippen LogP contribution is 2.13. The SMILES string of the molecule is CC(C)N(C)C(=O)CCCCc1ccc(Br)cc1. The van der Waals surface area contributed by atoms with Crippen molar-refractivity contribution >= 4 is 21.8 Å². The molecule has 0 fully saturated rings. The van der Waals surface area contributed by atoms with E-state index in [1.54, 1.807) is 0 Å². The first kappa shape index (κ1) is 15.2. The van der Waals surface area contributed by atoms with Crippen LogP contribution in [0, 0.1) is 0 Å². The molecule has 0 aliphatic rings. The van der Waals surface area contributed by atoms with Gasteiger partial charge in [-0.3, -0.25) is 4.79 Å². The molecule has 0 aliphatic heterocycles. The van der Waals surface area contributed by atoms with E-state index in [9.17, 15) is 4.79 Å². The van der Waals surface area contributed by atoms with Crippen molar-refractivity contribution in [3.63, 3.8) is 0 Å². The Kier molecular flexibility index (Phi) is 6.41. The first-order valence-electron chi connectivity index (χ1n) is 6.51. The summed E-state index contributed by atoms with van der Waals surface area (Å²) in [5.41, 5.74) is 1.34. The predicted octanol–water partition coefficient (Wildman–Crippen LogP) is 4.03. The summed E-state index contributed by atoms with van der Waals surface area (Å²) in [6.45, 7) is 4.08. The van der Waals surface area contributed by atoms with Crippen molar-refractivity contribution in [2.45, 2.75) is 45.6 Å². The molecule has 0 heterocycles. The number of rotatable bonds is 6. The molecule has 0 aliphatic carbocycles. The fraction of sp³-hybridized carbons (Fsp3) is 0.533. The van der Waals surface area contributed by atoms with Crippen LogP contribution in [-0.2, 0) is 11.2 Å². The molecule has 0 unspecified atom stereocenters. The number of aryl methyl sites for hydroxylation is 1. The monoisotopic (exact) mass is 311 g/mol. The third-order valence-corrected chi connectivity index (χ3v) is 3.72. The van der Waals surface area contributed by atoms with Gasteiger partial charge in [-0.15, -0.1) is 0 Å². The lowest BCUT2D eigenvalue weighted by molar-refractivity contribution is -0.131. The van der Waals surface area contributed by atoms with E-state index in [1.165, 1.54) is 5.56 Å². The molecule has 3 heteroatoms. The third-order valence-electron chi connectivity index (χ3n) is 3.19. The number of carbonyl (C=O) groups excluding carboxylic acids is 1. The lowest BCUT2D eigenvalue weighted by Crippen LogP contribution is -2.32. The number of hydrogen-bond acceptors (Lipinski definition) is 1. The number of carbonyl (C=O) groups is 1. The number of nitrogens with zero attached hydrogens (tertiary/aromatic N) is 1. The maximum Gasteiger partial charge on any atom is 0.222 e. The third kappa shape index (κ3) is 5.21. The van der Waals surface area contributed by atoms with Gasteiger partial charge >= 0.3 is 0 Å². The molecular weight excluding hydrogens is 290 g/mol. The molecule has 18 heavy (non-hydrogen) atoms. The normalized spacial score (nSPS) is 10.7. The molecule has 1 aromatic rings. The van der Waals surface area contributed by atoms with Crippen LogP contribution in [0.5, 0.6) is 0 Å². The van der Waals surface area contributed by atoms with Crippen molar-refractivity contribution < 1.29 is 4.79 Å². The molecule has 0 spiro atoms. The molecule has 100 valence electrons. The summed E-state index contributed by atoms with van der Waals surface area (Å²) in [5, 5.41) is 0. The minimum absolute atomic E-state index is 0.251. The average Bonchev–Trinajstić information content (AvgIpc) is 2.35. The molecule has 0 N–H and O–H groups in total. The Balaban J connectivity index is 2.23. The van der Waals surface area contributed by atoms with E-state index in [-0.39, 0.29) is 5.91 Å². The fourth-order valence-electron chi connectivity index (χ4n) is 1.72. The molecular formula is C15H22BrNO. The molecule has 0 aromatic heterocycles. The van der Waals surface area contributed by atoms with Crippen LogP contribution in [0.25, 0.3) is 0 Å². The van der Waals surface area contributed by atoms with Gasteiger partial charge in [0.15, 0.2) is 0 Å². The molecule has 2 nitrogen and oxygen atoms in total. The first-order valence-corrected chi connectivity index (χ1v) is 7.30. The molecule has 1 rings (SSSR count). The smallest absolute Gasteiger partial charge is 0.222 e. The summed E-state index contributed by atoms with van der Waals surface area (Å²) in [6, 6.07) is 8.68. The molecule has 0 saturated heterocycles. The van der Waals surface area contributed by atoms with E-state index in [2.05, 4.69) is 40.2 Å². The van der Waals surface area contributed by atoms with E-state index in [4.69, 9.17) is 0 Å². The minimum Gasteiger partial charge on any atom is -0.343 e. The Labute approximate surface area is 119 Å². The second-order valence-corrected chi connectivity index (χ2v) is 5.85. The van der Waals surface area contributed by atoms with Crippen molar-refractivity contribution in [1.82, 2.24) is 4.90 Å². The Hall–Kier alpha value is -0.830. The van der Waals surface area contributed by atoms with Gasteiger partial charge in [0, 0.05) is 24.0 Å². The highest BCUT2D eigenvalue weighted by Gasteiger charge is 2.10. The van der Waals surface area contributed by atoms with Gasteiger partial charge in [0.2, 0.25) is 5.91 Å². The lowest BCUT2D eigenvalue weighted by atomic mass is 10.1. The number of benzene rings is 1.